The zero-order chi connectivity index (χ0) is 12.2. The second-order valence-electron chi connectivity index (χ2n) is 4.48. The van der Waals surface area contributed by atoms with Crippen LogP contribution in [0.15, 0.2) is 0 Å². The number of esters is 1. The summed E-state index contributed by atoms with van der Waals surface area (Å²) in [5, 5.41) is 0. The second kappa shape index (κ2) is 14.5. The first-order valence-corrected chi connectivity index (χ1v) is 6.92. The maximum absolute atomic E-state index is 11.7. The van der Waals surface area contributed by atoms with E-state index in [0.717, 1.165) is 32.1 Å². The normalized spacial score (nSPS) is 11.7. The van der Waals surface area contributed by atoms with E-state index in [1.54, 1.807) is 0 Å². The Labute approximate surface area is 131 Å². The molecular weight excluding hydrogens is 223 g/mol. The number of carbonyl (C=O) groups is 1. The van der Waals surface area contributed by atoms with Crippen molar-refractivity contribution in [2.75, 3.05) is 6.61 Å². The van der Waals surface area contributed by atoms with Crippen LogP contribution in [-0.2, 0) is 9.53 Å². The van der Waals surface area contributed by atoms with E-state index in [2.05, 4.69) is 20.8 Å². The molecule has 98 valence electrons. The summed E-state index contributed by atoms with van der Waals surface area (Å²) >= 11 is 0. The molecule has 0 aromatic heterocycles. The minimum Gasteiger partial charge on any atom is -1.00 e. The van der Waals surface area contributed by atoms with Crippen molar-refractivity contribution in [3.05, 3.63) is 0 Å². The van der Waals surface area contributed by atoms with Gasteiger partial charge in [-0.15, -0.1) is 0 Å². The Kier molecular flexibility index (Phi) is 16.9. The monoisotopic (exact) mass is 252 g/mol. The molecule has 0 heterocycles. The van der Waals surface area contributed by atoms with Gasteiger partial charge in [0.25, 0.3) is 0 Å². The fourth-order valence-electron chi connectivity index (χ4n) is 1.76. The molecule has 3 heteroatoms. The first-order chi connectivity index (χ1) is 7.76. The summed E-state index contributed by atoms with van der Waals surface area (Å²) in [5.74, 6) is 0.151. The summed E-state index contributed by atoms with van der Waals surface area (Å²) in [4.78, 5) is 11.7. The molecule has 0 bridgehead atoms. The minimum atomic E-state index is 0. The van der Waals surface area contributed by atoms with Gasteiger partial charge in [-0.05, 0) is 19.3 Å². The molecule has 1 atom stereocenters. The third-order valence-electron chi connectivity index (χ3n) is 2.97. The van der Waals surface area contributed by atoms with Crippen molar-refractivity contribution in [2.45, 2.75) is 72.1 Å². The average Bonchev–Trinajstić information content (AvgIpc) is 2.30. The van der Waals surface area contributed by atoms with Gasteiger partial charge in [-0.2, -0.15) is 0 Å². The Morgan fingerprint density at radius 1 is 1.06 bits per heavy atom. The quantitative estimate of drug-likeness (QED) is 0.334. The van der Waals surface area contributed by atoms with E-state index < -0.39 is 0 Å². The molecule has 0 amide bonds. The molecule has 17 heavy (non-hydrogen) atoms. The first kappa shape index (κ1) is 19.8. The van der Waals surface area contributed by atoms with Crippen molar-refractivity contribution in [3.63, 3.8) is 0 Å². The smallest absolute Gasteiger partial charge is 1.00 e. The van der Waals surface area contributed by atoms with E-state index in [9.17, 15) is 4.79 Å². The van der Waals surface area contributed by atoms with Gasteiger partial charge in [0.2, 0.25) is 0 Å². The van der Waals surface area contributed by atoms with Crippen molar-refractivity contribution in [3.8, 4) is 0 Å². The van der Waals surface area contributed by atoms with Gasteiger partial charge in [0.1, 0.15) is 0 Å². The SMILES string of the molecule is CCCCCCOC(=O)C(CC)CCCC.[H-].[Na+]. The molecule has 0 spiro atoms. The molecule has 0 fully saturated rings. The minimum absolute atomic E-state index is 0. The Hall–Kier alpha value is 0.470. The zero-order valence-corrected chi connectivity index (χ0v) is 14.3. The number of carbonyl (C=O) groups excluding carboxylic acids is 1. The number of rotatable bonds is 10. The van der Waals surface area contributed by atoms with Crippen molar-refractivity contribution in [1.82, 2.24) is 0 Å². The van der Waals surface area contributed by atoms with Crippen molar-refractivity contribution in [1.29, 1.82) is 0 Å². The molecule has 0 saturated heterocycles. The van der Waals surface area contributed by atoms with Crippen LogP contribution in [0.4, 0.5) is 0 Å². The van der Waals surface area contributed by atoms with Crippen LogP contribution in [-0.4, -0.2) is 12.6 Å². The summed E-state index contributed by atoms with van der Waals surface area (Å²) in [6.45, 7) is 7.02. The molecule has 0 aliphatic carbocycles. The average molecular weight is 252 g/mol. The summed E-state index contributed by atoms with van der Waals surface area (Å²) < 4.78 is 5.30. The molecule has 0 aliphatic heterocycles. The number of hydrogen-bond acceptors (Lipinski definition) is 2. The van der Waals surface area contributed by atoms with Crippen LogP contribution < -0.4 is 29.6 Å². The van der Waals surface area contributed by atoms with Gasteiger partial charge in [0, 0.05) is 0 Å². The van der Waals surface area contributed by atoms with Crippen LogP contribution in [0, 0.1) is 5.92 Å². The first-order valence-electron chi connectivity index (χ1n) is 6.92. The second-order valence-corrected chi connectivity index (χ2v) is 4.48. The standard InChI is InChI=1S/C14H28O2.Na.H/c1-4-7-9-10-12-16-14(15)13(6-3)11-8-5-2;;/h13H,4-12H2,1-3H3;;/q;+1;-1. The van der Waals surface area contributed by atoms with Gasteiger partial charge in [-0.25, -0.2) is 0 Å². The molecule has 0 saturated carbocycles. The van der Waals surface area contributed by atoms with Crippen LogP contribution in [0.1, 0.15) is 73.6 Å². The topological polar surface area (TPSA) is 26.3 Å². The predicted molar refractivity (Wildman–Crippen MR) is 69.5 cm³/mol. The fraction of sp³-hybridized carbons (Fsp3) is 0.929. The van der Waals surface area contributed by atoms with Crippen LogP contribution >= 0.6 is 0 Å². The van der Waals surface area contributed by atoms with E-state index in [-0.39, 0.29) is 42.9 Å². The number of unbranched alkanes of at least 4 members (excludes halogenated alkanes) is 4. The molecule has 0 aliphatic rings. The summed E-state index contributed by atoms with van der Waals surface area (Å²) in [6, 6.07) is 0. The third-order valence-corrected chi connectivity index (χ3v) is 2.97. The fourth-order valence-corrected chi connectivity index (χ4v) is 1.76. The summed E-state index contributed by atoms with van der Waals surface area (Å²) in [6.07, 6.45) is 8.84. The zero-order valence-electron chi connectivity index (χ0n) is 13.3. The molecule has 1 unspecified atom stereocenters. The molecule has 0 rings (SSSR count). The molecule has 0 aromatic carbocycles. The largest absolute Gasteiger partial charge is 1.00 e. The van der Waals surface area contributed by atoms with Gasteiger partial charge >= 0.3 is 35.5 Å². The van der Waals surface area contributed by atoms with E-state index in [0.29, 0.717) is 6.61 Å². The van der Waals surface area contributed by atoms with E-state index >= 15 is 0 Å². The van der Waals surface area contributed by atoms with Crippen molar-refractivity contribution >= 4 is 5.97 Å². The van der Waals surface area contributed by atoms with Crippen molar-refractivity contribution in [2.24, 2.45) is 5.92 Å². The molecule has 0 N–H and O–H groups in total. The van der Waals surface area contributed by atoms with Crippen LogP contribution in [0.2, 0.25) is 0 Å². The summed E-state index contributed by atoms with van der Waals surface area (Å²) in [5.41, 5.74) is 0. The van der Waals surface area contributed by atoms with Gasteiger partial charge in [-0.1, -0.05) is 52.9 Å². The Bertz CT molecular complexity index is 177. The predicted octanol–water partition coefficient (Wildman–Crippen LogP) is 1.44. The molecule has 0 radical (unpaired) electrons. The molecular formula is C14H29NaO2. The number of ether oxygens (including phenoxy) is 1. The van der Waals surface area contributed by atoms with Crippen LogP contribution in [0.25, 0.3) is 0 Å². The van der Waals surface area contributed by atoms with Crippen LogP contribution in [0.3, 0.4) is 0 Å². The van der Waals surface area contributed by atoms with E-state index in [1.165, 1.54) is 19.3 Å². The Morgan fingerprint density at radius 3 is 2.24 bits per heavy atom. The Balaban J connectivity index is -0.00000112. The Morgan fingerprint density at radius 2 is 1.71 bits per heavy atom. The maximum atomic E-state index is 11.7. The van der Waals surface area contributed by atoms with E-state index in [1.807, 2.05) is 0 Å². The number of hydrogen-bond donors (Lipinski definition) is 0. The third kappa shape index (κ3) is 11.3. The van der Waals surface area contributed by atoms with Gasteiger partial charge < -0.3 is 6.16 Å². The van der Waals surface area contributed by atoms with Crippen molar-refractivity contribution < 1.29 is 40.5 Å². The van der Waals surface area contributed by atoms with Gasteiger partial charge in [0.15, 0.2) is 0 Å². The van der Waals surface area contributed by atoms with Gasteiger partial charge in [-0.3, -0.25) is 4.79 Å². The van der Waals surface area contributed by atoms with Gasteiger partial charge in [0.05, 0.1) is 12.5 Å². The van der Waals surface area contributed by atoms with E-state index in [4.69, 9.17) is 4.74 Å². The molecule has 2 nitrogen and oxygen atoms in total. The maximum Gasteiger partial charge on any atom is 1.00 e. The molecule has 0 aromatic rings. The van der Waals surface area contributed by atoms with Crippen LogP contribution in [0.5, 0.6) is 0 Å². The summed E-state index contributed by atoms with van der Waals surface area (Å²) in [7, 11) is 0.